The summed E-state index contributed by atoms with van der Waals surface area (Å²) < 4.78 is 7.18. The van der Waals surface area contributed by atoms with Crippen molar-refractivity contribution in [2.45, 2.75) is 13.3 Å². The molecule has 0 saturated carbocycles. The number of aromatic amines is 1. The zero-order valence-electron chi connectivity index (χ0n) is 18.9. The van der Waals surface area contributed by atoms with Crippen LogP contribution in [0.3, 0.4) is 0 Å². The predicted molar refractivity (Wildman–Crippen MR) is 135 cm³/mol. The van der Waals surface area contributed by atoms with E-state index in [9.17, 15) is 4.79 Å². The van der Waals surface area contributed by atoms with Crippen LogP contribution in [0.4, 0.5) is 11.8 Å². The lowest BCUT2D eigenvalue weighted by molar-refractivity contribution is 0.370. The van der Waals surface area contributed by atoms with Gasteiger partial charge in [0.15, 0.2) is 11.5 Å². The number of aromatic nitrogens is 6. The van der Waals surface area contributed by atoms with Crippen LogP contribution in [-0.2, 0) is 6.42 Å². The van der Waals surface area contributed by atoms with Crippen LogP contribution in [0.2, 0.25) is 0 Å². The summed E-state index contributed by atoms with van der Waals surface area (Å²) >= 11 is 0. The molecule has 0 atom stereocenters. The molecule has 35 heavy (non-hydrogen) atoms. The van der Waals surface area contributed by atoms with E-state index in [4.69, 9.17) is 21.9 Å². The minimum absolute atomic E-state index is 0.118. The van der Waals surface area contributed by atoms with E-state index in [1.165, 1.54) is 6.33 Å². The van der Waals surface area contributed by atoms with Gasteiger partial charge in [0.1, 0.15) is 23.7 Å². The minimum Gasteiger partial charge on any atom is -0.481 e. The van der Waals surface area contributed by atoms with E-state index < -0.39 is 0 Å². The summed E-state index contributed by atoms with van der Waals surface area (Å²) in [5, 5.41) is 3.83. The lowest BCUT2D eigenvalue weighted by Crippen LogP contribution is -2.26. The Labute approximate surface area is 200 Å². The summed E-state index contributed by atoms with van der Waals surface area (Å²) in [7, 11) is 0. The number of nitrogen functional groups attached to an aromatic ring is 1. The third kappa shape index (κ3) is 4.22. The zero-order chi connectivity index (χ0) is 24.4. The molecule has 0 radical (unpaired) electrons. The minimum atomic E-state index is -0.153. The highest BCUT2D eigenvalue weighted by molar-refractivity contribution is 5.83. The van der Waals surface area contributed by atoms with Gasteiger partial charge in [-0.25, -0.2) is 9.97 Å². The monoisotopic (exact) mass is 466 g/mol. The number of benzene rings is 2. The van der Waals surface area contributed by atoms with Crippen molar-refractivity contribution in [1.82, 2.24) is 29.5 Å². The Hall–Kier alpha value is -4.91. The van der Waals surface area contributed by atoms with Gasteiger partial charge in [0, 0.05) is 19.0 Å². The molecule has 0 aliphatic heterocycles. The molecule has 10 heteroatoms. The van der Waals surface area contributed by atoms with Crippen LogP contribution in [-0.4, -0.2) is 42.6 Å². The number of rotatable bonds is 7. The van der Waals surface area contributed by atoms with Gasteiger partial charge in [-0.15, -0.1) is 6.42 Å². The van der Waals surface area contributed by atoms with E-state index in [2.05, 4.69) is 31.2 Å². The number of H-pyrrole nitrogens is 1. The number of ether oxygens (including phenoxy) is 1. The van der Waals surface area contributed by atoms with E-state index in [1.807, 2.05) is 37.3 Å². The van der Waals surface area contributed by atoms with E-state index in [0.717, 1.165) is 5.56 Å². The molecule has 0 amide bonds. The van der Waals surface area contributed by atoms with Crippen LogP contribution in [0, 0.1) is 19.3 Å². The molecule has 0 unspecified atom stereocenters. The number of hydrogen-bond donors (Lipinski definition) is 3. The van der Waals surface area contributed by atoms with Gasteiger partial charge in [-0.3, -0.25) is 9.36 Å². The molecule has 5 aromatic rings. The average Bonchev–Trinajstić information content (AvgIpc) is 3.31. The lowest BCUT2D eigenvalue weighted by atomic mass is 10.1. The van der Waals surface area contributed by atoms with Crippen LogP contribution in [0.15, 0.2) is 53.6 Å². The van der Waals surface area contributed by atoms with Crippen molar-refractivity contribution in [3.63, 3.8) is 0 Å². The first-order chi connectivity index (χ1) is 17.0. The molecule has 3 aromatic heterocycles. The summed E-state index contributed by atoms with van der Waals surface area (Å²) in [4.78, 5) is 34.0. The zero-order valence-corrected chi connectivity index (χ0v) is 18.9. The second-order valence-electron chi connectivity index (χ2n) is 7.84. The number of terminal acetylenes is 1. The summed E-state index contributed by atoms with van der Waals surface area (Å²) in [6, 6.07) is 12.9. The molecule has 3 heterocycles. The van der Waals surface area contributed by atoms with Crippen molar-refractivity contribution in [1.29, 1.82) is 0 Å². The Bertz CT molecular complexity index is 1650. The molecular formula is C25H22N8O2. The Kier molecular flexibility index (Phi) is 5.73. The van der Waals surface area contributed by atoms with Gasteiger partial charge in [-0.2, -0.15) is 9.97 Å². The highest BCUT2D eigenvalue weighted by Gasteiger charge is 2.15. The molecule has 5 rings (SSSR count). The molecular weight excluding hydrogens is 444 g/mol. The quantitative estimate of drug-likeness (QED) is 0.311. The number of aryl methyl sites for hydroxylation is 1. The van der Waals surface area contributed by atoms with Crippen LogP contribution in [0.1, 0.15) is 11.4 Å². The molecule has 0 bridgehead atoms. The smallest absolute Gasteiger partial charge is 0.266 e. The van der Waals surface area contributed by atoms with Gasteiger partial charge in [0.05, 0.1) is 22.9 Å². The highest BCUT2D eigenvalue weighted by Crippen LogP contribution is 2.21. The Morgan fingerprint density at radius 1 is 1.20 bits per heavy atom. The van der Waals surface area contributed by atoms with E-state index in [0.29, 0.717) is 58.1 Å². The molecule has 0 fully saturated rings. The number of fused-ring (bicyclic) bond motifs is 2. The number of nitrogens with zero attached hydrogens (tertiary/aromatic N) is 5. The molecule has 0 saturated heterocycles. The summed E-state index contributed by atoms with van der Waals surface area (Å²) in [5.41, 5.74) is 8.92. The van der Waals surface area contributed by atoms with Gasteiger partial charge in [0.2, 0.25) is 5.95 Å². The number of nitrogens with one attached hydrogen (secondary N) is 2. The topological polar surface area (TPSA) is 137 Å². The van der Waals surface area contributed by atoms with Crippen molar-refractivity contribution < 1.29 is 4.74 Å². The molecule has 0 aliphatic carbocycles. The maximum atomic E-state index is 13.7. The number of imidazole rings is 1. The van der Waals surface area contributed by atoms with Gasteiger partial charge < -0.3 is 20.8 Å². The third-order valence-corrected chi connectivity index (χ3v) is 5.52. The van der Waals surface area contributed by atoms with Crippen molar-refractivity contribution in [2.75, 3.05) is 24.2 Å². The molecule has 2 aromatic carbocycles. The van der Waals surface area contributed by atoms with Gasteiger partial charge >= 0.3 is 0 Å². The lowest BCUT2D eigenvalue weighted by Gasteiger charge is -2.16. The van der Waals surface area contributed by atoms with Crippen LogP contribution in [0.5, 0.6) is 5.75 Å². The molecule has 0 spiro atoms. The van der Waals surface area contributed by atoms with Crippen LogP contribution < -0.4 is 21.3 Å². The summed E-state index contributed by atoms with van der Waals surface area (Å²) in [6.45, 7) is 2.47. The highest BCUT2D eigenvalue weighted by atomic mass is 16.5. The summed E-state index contributed by atoms with van der Waals surface area (Å²) in [6.07, 6.45) is 7.28. The van der Waals surface area contributed by atoms with E-state index in [1.54, 1.807) is 16.7 Å². The maximum Gasteiger partial charge on any atom is 0.266 e. The molecule has 4 N–H and O–H groups in total. The SMILES string of the molecule is C#CCOc1cccc(-n2c(CCNc3nc(N)nc4nc[nH]c34)nc3cccc(C)c3c2=O)c1. The van der Waals surface area contributed by atoms with E-state index in [-0.39, 0.29) is 18.1 Å². The Balaban J connectivity index is 1.55. The Morgan fingerprint density at radius 3 is 2.91 bits per heavy atom. The molecule has 0 aliphatic rings. The predicted octanol–water partition coefficient (Wildman–Crippen LogP) is 2.61. The first kappa shape index (κ1) is 21.9. The number of hydrogen-bond acceptors (Lipinski definition) is 8. The molecule has 10 nitrogen and oxygen atoms in total. The van der Waals surface area contributed by atoms with Crippen molar-refractivity contribution in [2.24, 2.45) is 0 Å². The fourth-order valence-corrected chi connectivity index (χ4v) is 3.98. The normalized spacial score (nSPS) is 11.0. The number of nitrogens with two attached hydrogens (primary N) is 1. The second kappa shape index (κ2) is 9.15. The van der Waals surface area contributed by atoms with Crippen molar-refractivity contribution >= 4 is 33.8 Å². The van der Waals surface area contributed by atoms with Crippen molar-refractivity contribution in [3.05, 3.63) is 70.5 Å². The largest absolute Gasteiger partial charge is 0.481 e. The van der Waals surface area contributed by atoms with Gasteiger partial charge in [-0.05, 0) is 30.7 Å². The van der Waals surface area contributed by atoms with Crippen LogP contribution in [0.25, 0.3) is 27.8 Å². The van der Waals surface area contributed by atoms with Gasteiger partial charge in [0.25, 0.3) is 5.56 Å². The average molecular weight is 467 g/mol. The fraction of sp³-hybridized carbons (Fsp3) is 0.160. The third-order valence-electron chi connectivity index (χ3n) is 5.52. The van der Waals surface area contributed by atoms with Crippen molar-refractivity contribution in [3.8, 4) is 23.8 Å². The second-order valence-corrected chi connectivity index (χ2v) is 7.84. The first-order valence-electron chi connectivity index (χ1n) is 10.9. The van der Waals surface area contributed by atoms with Gasteiger partial charge in [-0.1, -0.05) is 24.1 Å². The first-order valence-corrected chi connectivity index (χ1v) is 10.9. The maximum absolute atomic E-state index is 13.7. The fourth-order valence-electron chi connectivity index (χ4n) is 3.98. The molecule has 174 valence electrons. The summed E-state index contributed by atoms with van der Waals surface area (Å²) in [5.74, 6) is 4.25. The van der Waals surface area contributed by atoms with E-state index >= 15 is 0 Å². The van der Waals surface area contributed by atoms with Crippen LogP contribution >= 0.6 is 0 Å². The number of anilines is 2. The standard InChI is InChI=1S/C25H22N8O2/c1-3-12-35-17-8-5-7-16(13-17)33-19(30-18-9-4-6-15(2)20(18)24(33)34)10-11-27-22-21-23(29-14-28-21)32-25(26)31-22/h1,4-9,13-14H,10-12H2,2H3,(H4,26,27,28,29,31,32). The Morgan fingerprint density at radius 2 is 2.06 bits per heavy atom.